The van der Waals surface area contributed by atoms with Crippen molar-refractivity contribution in [2.45, 2.75) is 26.3 Å². The summed E-state index contributed by atoms with van der Waals surface area (Å²) in [7, 11) is 1.82. The van der Waals surface area contributed by atoms with E-state index in [0.717, 1.165) is 11.5 Å². The Morgan fingerprint density at radius 2 is 2.39 bits per heavy atom. The summed E-state index contributed by atoms with van der Waals surface area (Å²) >= 11 is 0. The van der Waals surface area contributed by atoms with E-state index >= 15 is 0 Å². The fourth-order valence-electron chi connectivity index (χ4n) is 1.80. The molecule has 0 radical (unpaired) electrons. The van der Waals surface area contributed by atoms with Gasteiger partial charge in [-0.15, -0.1) is 0 Å². The van der Waals surface area contributed by atoms with Gasteiger partial charge in [0.2, 0.25) is 0 Å². The van der Waals surface area contributed by atoms with Gasteiger partial charge in [0.05, 0.1) is 18.0 Å². The van der Waals surface area contributed by atoms with Crippen molar-refractivity contribution in [3.8, 4) is 0 Å². The molecular formula is C13H17N3O2. The first-order valence-corrected chi connectivity index (χ1v) is 5.89. The van der Waals surface area contributed by atoms with Crippen LogP contribution in [0.4, 0.5) is 0 Å². The number of aryl methyl sites for hydroxylation is 1. The van der Waals surface area contributed by atoms with Gasteiger partial charge in [0, 0.05) is 25.2 Å². The molecule has 0 aliphatic heterocycles. The molecule has 2 heterocycles. The second-order valence-corrected chi connectivity index (χ2v) is 4.43. The maximum Gasteiger partial charge on any atom is 0.254 e. The third kappa shape index (κ3) is 2.61. The summed E-state index contributed by atoms with van der Waals surface area (Å²) in [5, 5.41) is 6.99. The Morgan fingerprint density at radius 1 is 1.61 bits per heavy atom. The lowest BCUT2D eigenvalue weighted by atomic mass is 10.1. The van der Waals surface area contributed by atoms with E-state index in [0.29, 0.717) is 12.0 Å². The molecule has 0 aromatic carbocycles. The predicted molar refractivity (Wildman–Crippen MR) is 67.3 cm³/mol. The Labute approximate surface area is 106 Å². The standard InChI is InChI=1S/C13H17N3O2/c1-9(7-11-5-4-6-18-11)15-13(17)12-8-14-16(3)10(12)2/h4-6,8-9H,7H2,1-3H3,(H,15,17)/t9-/m1/s1. The number of nitrogens with one attached hydrogen (secondary N) is 1. The number of furan rings is 1. The van der Waals surface area contributed by atoms with Crippen molar-refractivity contribution in [1.82, 2.24) is 15.1 Å². The maximum absolute atomic E-state index is 12.0. The molecule has 0 saturated heterocycles. The van der Waals surface area contributed by atoms with Crippen LogP contribution in [0.1, 0.15) is 28.7 Å². The highest BCUT2D eigenvalue weighted by molar-refractivity contribution is 5.95. The van der Waals surface area contributed by atoms with Crippen LogP contribution < -0.4 is 5.32 Å². The van der Waals surface area contributed by atoms with E-state index in [1.54, 1.807) is 17.1 Å². The van der Waals surface area contributed by atoms with E-state index < -0.39 is 0 Å². The number of amides is 1. The van der Waals surface area contributed by atoms with Crippen LogP contribution >= 0.6 is 0 Å². The molecule has 0 unspecified atom stereocenters. The van der Waals surface area contributed by atoms with Gasteiger partial charge in [0.25, 0.3) is 5.91 Å². The van der Waals surface area contributed by atoms with Crippen LogP contribution in [0.5, 0.6) is 0 Å². The largest absolute Gasteiger partial charge is 0.469 e. The summed E-state index contributed by atoms with van der Waals surface area (Å²) in [4.78, 5) is 12.0. The number of rotatable bonds is 4. The quantitative estimate of drug-likeness (QED) is 0.894. The van der Waals surface area contributed by atoms with Crippen molar-refractivity contribution < 1.29 is 9.21 Å². The fraction of sp³-hybridized carbons (Fsp3) is 0.385. The highest BCUT2D eigenvalue weighted by atomic mass is 16.3. The second-order valence-electron chi connectivity index (χ2n) is 4.43. The second kappa shape index (κ2) is 5.08. The molecule has 0 spiro atoms. The maximum atomic E-state index is 12.0. The first-order chi connectivity index (χ1) is 8.58. The minimum absolute atomic E-state index is 0.0169. The van der Waals surface area contributed by atoms with Crippen LogP contribution in [0.2, 0.25) is 0 Å². The monoisotopic (exact) mass is 247 g/mol. The van der Waals surface area contributed by atoms with Crippen molar-refractivity contribution >= 4 is 5.91 Å². The lowest BCUT2D eigenvalue weighted by molar-refractivity contribution is 0.0938. The molecule has 1 atom stereocenters. The summed E-state index contributed by atoms with van der Waals surface area (Å²) in [6.45, 7) is 3.82. The number of nitrogens with zero attached hydrogens (tertiary/aromatic N) is 2. The Kier molecular flexibility index (Phi) is 3.50. The Balaban J connectivity index is 1.97. The van der Waals surface area contributed by atoms with Crippen LogP contribution in [0.15, 0.2) is 29.0 Å². The molecule has 0 aliphatic carbocycles. The Hall–Kier alpha value is -2.04. The van der Waals surface area contributed by atoms with Crippen molar-refractivity contribution in [2.24, 2.45) is 7.05 Å². The van der Waals surface area contributed by atoms with E-state index in [1.807, 2.05) is 33.0 Å². The van der Waals surface area contributed by atoms with Crippen LogP contribution in [-0.2, 0) is 13.5 Å². The third-order valence-corrected chi connectivity index (χ3v) is 2.94. The van der Waals surface area contributed by atoms with Gasteiger partial charge in [0.15, 0.2) is 0 Å². The topological polar surface area (TPSA) is 60.1 Å². The van der Waals surface area contributed by atoms with Gasteiger partial charge in [-0.05, 0) is 26.0 Å². The number of hydrogen-bond acceptors (Lipinski definition) is 3. The molecule has 0 saturated carbocycles. The first-order valence-electron chi connectivity index (χ1n) is 5.89. The lowest BCUT2D eigenvalue weighted by Gasteiger charge is -2.12. The minimum Gasteiger partial charge on any atom is -0.469 e. The molecule has 18 heavy (non-hydrogen) atoms. The van der Waals surface area contributed by atoms with Crippen molar-refractivity contribution in [3.05, 3.63) is 41.6 Å². The first kappa shape index (κ1) is 12.4. The van der Waals surface area contributed by atoms with Gasteiger partial charge in [-0.25, -0.2) is 0 Å². The van der Waals surface area contributed by atoms with Crippen molar-refractivity contribution in [3.63, 3.8) is 0 Å². The summed E-state index contributed by atoms with van der Waals surface area (Å²) < 4.78 is 6.94. The molecule has 0 fully saturated rings. The number of carbonyl (C=O) groups excluding carboxylic acids is 1. The van der Waals surface area contributed by atoms with Gasteiger partial charge in [-0.1, -0.05) is 0 Å². The molecular weight excluding hydrogens is 230 g/mol. The minimum atomic E-state index is -0.0975. The SMILES string of the molecule is Cc1c(C(=O)N[C@H](C)Cc2ccco2)cnn1C. The summed E-state index contributed by atoms with van der Waals surface area (Å²) in [6.07, 6.45) is 3.90. The lowest BCUT2D eigenvalue weighted by Crippen LogP contribution is -2.34. The molecule has 2 aromatic rings. The van der Waals surface area contributed by atoms with E-state index in [2.05, 4.69) is 10.4 Å². The van der Waals surface area contributed by atoms with Gasteiger partial charge in [-0.2, -0.15) is 5.10 Å². The zero-order chi connectivity index (χ0) is 13.1. The molecule has 1 N–H and O–H groups in total. The van der Waals surface area contributed by atoms with E-state index in [4.69, 9.17) is 4.42 Å². The normalized spacial score (nSPS) is 12.4. The van der Waals surface area contributed by atoms with E-state index in [1.165, 1.54) is 0 Å². The van der Waals surface area contributed by atoms with E-state index in [-0.39, 0.29) is 11.9 Å². The van der Waals surface area contributed by atoms with Gasteiger partial charge < -0.3 is 9.73 Å². The highest BCUT2D eigenvalue weighted by Crippen LogP contribution is 2.08. The van der Waals surface area contributed by atoms with E-state index in [9.17, 15) is 4.79 Å². The molecule has 1 amide bonds. The molecule has 5 heteroatoms. The predicted octanol–water partition coefficient (Wildman–Crippen LogP) is 1.68. The smallest absolute Gasteiger partial charge is 0.254 e. The van der Waals surface area contributed by atoms with Crippen LogP contribution in [0.3, 0.4) is 0 Å². The molecule has 5 nitrogen and oxygen atoms in total. The zero-order valence-corrected chi connectivity index (χ0v) is 10.8. The van der Waals surface area contributed by atoms with Gasteiger partial charge >= 0.3 is 0 Å². The molecule has 0 bridgehead atoms. The molecule has 96 valence electrons. The molecule has 2 aromatic heterocycles. The van der Waals surface area contributed by atoms with Crippen LogP contribution in [-0.4, -0.2) is 21.7 Å². The van der Waals surface area contributed by atoms with Crippen LogP contribution in [0, 0.1) is 6.92 Å². The average Bonchev–Trinajstić information content (AvgIpc) is 2.91. The number of carbonyl (C=O) groups is 1. The Bertz CT molecular complexity index is 528. The van der Waals surface area contributed by atoms with Gasteiger partial charge in [0.1, 0.15) is 5.76 Å². The van der Waals surface area contributed by atoms with Crippen molar-refractivity contribution in [2.75, 3.05) is 0 Å². The van der Waals surface area contributed by atoms with Crippen molar-refractivity contribution in [1.29, 1.82) is 0 Å². The Morgan fingerprint density at radius 3 is 2.94 bits per heavy atom. The summed E-state index contributed by atoms with van der Waals surface area (Å²) in [6, 6.07) is 3.76. The third-order valence-electron chi connectivity index (χ3n) is 2.94. The summed E-state index contributed by atoms with van der Waals surface area (Å²) in [5.74, 6) is 0.769. The number of hydrogen-bond donors (Lipinski definition) is 1. The fourth-order valence-corrected chi connectivity index (χ4v) is 1.80. The zero-order valence-electron chi connectivity index (χ0n) is 10.8. The van der Waals surface area contributed by atoms with Gasteiger partial charge in [-0.3, -0.25) is 9.48 Å². The molecule has 2 rings (SSSR count). The van der Waals surface area contributed by atoms with Crippen LogP contribution in [0.25, 0.3) is 0 Å². The average molecular weight is 247 g/mol. The number of aromatic nitrogens is 2. The summed E-state index contributed by atoms with van der Waals surface area (Å²) in [5.41, 5.74) is 1.47. The molecule has 0 aliphatic rings. The highest BCUT2D eigenvalue weighted by Gasteiger charge is 2.15.